The first-order chi connectivity index (χ1) is 9.69. The van der Waals surface area contributed by atoms with Gasteiger partial charge in [-0.15, -0.1) is 0 Å². The van der Waals surface area contributed by atoms with E-state index in [4.69, 9.17) is 0 Å². The number of non-ortho nitro benzene ring substituents is 1. The van der Waals surface area contributed by atoms with Gasteiger partial charge in [-0.2, -0.15) is 0 Å². The van der Waals surface area contributed by atoms with Crippen molar-refractivity contribution < 1.29 is 4.92 Å². The van der Waals surface area contributed by atoms with Crippen molar-refractivity contribution in [2.75, 3.05) is 26.2 Å². The van der Waals surface area contributed by atoms with Crippen molar-refractivity contribution in [2.45, 2.75) is 26.3 Å². The second kappa shape index (κ2) is 7.36. The maximum atomic E-state index is 10.8. The summed E-state index contributed by atoms with van der Waals surface area (Å²) in [6, 6.07) is 6.98. The lowest BCUT2D eigenvalue weighted by atomic mass is 9.97. The highest BCUT2D eigenvalue weighted by molar-refractivity contribution is 5.34. The first-order valence-electron chi connectivity index (χ1n) is 7.35. The van der Waals surface area contributed by atoms with Crippen LogP contribution in [0.2, 0.25) is 0 Å². The minimum Gasteiger partial charge on any atom is -0.317 e. The largest absolute Gasteiger partial charge is 0.317 e. The molecule has 0 aromatic heterocycles. The molecule has 5 nitrogen and oxygen atoms in total. The van der Waals surface area contributed by atoms with Crippen molar-refractivity contribution in [1.29, 1.82) is 0 Å². The standard InChI is InChI=1S/C15H23N3O2/c1-2-16-10-14-6-4-8-17(12-14)11-13-5-3-7-15(9-13)18(19)20/h3,5,7,9,14,16H,2,4,6,8,10-12H2,1H3. The van der Waals surface area contributed by atoms with E-state index in [1.807, 2.05) is 6.07 Å². The van der Waals surface area contributed by atoms with Crippen LogP contribution in [-0.4, -0.2) is 36.0 Å². The van der Waals surface area contributed by atoms with Crippen LogP contribution >= 0.6 is 0 Å². The Labute approximate surface area is 120 Å². The fourth-order valence-electron chi connectivity index (χ4n) is 2.84. The third kappa shape index (κ3) is 4.28. The van der Waals surface area contributed by atoms with Gasteiger partial charge in [0, 0.05) is 25.2 Å². The third-order valence-corrected chi connectivity index (χ3v) is 3.81. The Kier molecular flexibility index (Phi) is 5.49. The average molecular weight is 277 g/mol. The van der Waals surface area contributed by atoms with Crippen LogP contribution in [-0.2, 0) is 6.54 Å². The van der Waals surface area contributed by atoms with Gasteiger partial charge >= 0.3 is 0 Å². The van der Waals surface area contributed by atoms with Gasteiger partial charge in [0.2, 0.25) is 0 Å². The van der Waals surface area contributed by atoms with Crippen LogP contribution in [0.25, 0.3) is 0 Å². The monoisotopic (exact) mass is 277 g/mol. The lowest BCUT2D eigenvalue weighted by molar-refractivity contribution is -0.384. The molecule has 0 radical (unpaired) electrons. The highest BCUT2D eigenvalue weighted by atomic mass is 16.6. The molecule has 0 saturated carbocycles. The molecule has 0 bridgehead atoms. The fraction of sp³-hybridized carbons (Fsp3) is 0.600. The van der Waals surface area contributed by atoms with Crippen LogP contribution in [0, 0.1) is 16.0 Å². The molecule has 1 aromatic carbocycles. The van der Waals surface area contributed by atoms with Gasteiger partial charge in [-0.1, -0.05) is 19.1 Å². The predicted octanol–water partition coefficient (Wildman–Crippen LogP) is 2.42. The van der Waals surface area contributed by atoms with Crippen LogP contribution < -0.4 is 5.32 Å². The Bertz CT molecular complexity index is 450. The number of nitro benzene ring substituents is 1. The molecule has 1 aliphatic rings. The maximum absolute atomic E-state index is 10.8. The smallest absolute Gasteiger partial charge is 0.269 e. The summed E-state index contributed by atoms with van der Waals surface area (Å²) in [5.41, 5.74) is 1.21. The zero-order valence-electron chi connectivity index (χ0n) is 12.0. The molecule has 1 aromatic rings. The van der Waals surface area contributed by atoms with Crippen molar-refractivity contribution in [3.8, 4) is 0 Å². The van der Waals surface area contributed by atoms with Gasteiger partial charge in [0.15, 0.2) is 0 Å². The fourth-order valence-corrected chi connectivity index (χ4v) is 2.84. The zero-order chi connectivity index (χ0) is 14.4. The highest BCUT2D eigenvalue weighted by Crippen LogP contribution is 2.20. The Balaban J connectivity index is 1.92. The number of hydrogen-bond donors (Lipinski definition) is 1. The number of benzene rings is 1. The van der Waals surface area contributed by atoms with Gasteiger partial charge in [-0.25, -0.2) is 0 Å². The topological polar surface area (TPSA) is 58.4 Å². The van der Waals surface area contributed by atoms with E-state index in [0.717, 1.165) is 38.3 Å². The molecule has 2 rings (SSSR count). The molecule has 1 atom stereocenters. The first kappa shape index (κ1) is 14.9. The van der Waals surface area contributed by atoms with Gasteiger partial charge < -0.3 is 5.32 Å². The van der Waals surface area contributed by atoms with E-state index in [1.165, 1.54) is 12.8 Å². The number of nitro groups is 1. The number of likely N-dealkylation sites (tertiary alicyclic amines) is 1. The summed E-state index contributed by atoms with van der Waals surface area (Å²) >= 11 is 0. The summed E-state index contributed by atoms with van der Waals surface area (Å²) in [6.45, 7) is 7.19. The molecule has 20 heavy (non-hydrogen) atoms. The molecular weight excluding hydrogens is 254 g/mol. The van der Waals surface area contributed by atoms with E-state index in [-0.39, 0.29) is 10.6 Å². The zero-order valence-corrected chi connectivity index (χ0v) is 12.0. The molecule has 0 spiro atoms. The van der Waals surface area contributed by atoms with Crippen molar-refractivity contribution in [2.24, 2.45) is 5.92 Å². The maximum Gasteiger partial charge on any atom is 0.269 e. The predicted molar refractivity (Wildman–Crippen MR) is 79.6 cm³/mol. The van der Waals surface area contributed by atoms with Crippen molar-refractivity contribution in [1.82, 2.24) is 10.2 Å². The number of nitrogens with zero attached hydrogens (tertiary/aromatic N) is 2. The Morgan fingerprint density at radius 3 is 3.10 bits per heavy atom. The van der Waals surface area contributed by atoms with Gasteiger partial charge in [0.25, 0.3) is 5.69 Å². The van der Waals surface area contributed by atoms with Crippen molar-refractivity contribution >= 4 is 5.69 Å². The second-order valence-corrected chi connectivity index (χ2v) is 5.48. The van der Waals surface area contributed by atoms with Crippen LogP contribution in [0.3, 0.4) is 0 Å². The lowest BCUT2D eigenvalue weighted by Crippen LogP contribution is -2.39. The van der Waals surface area contributed by atoms with E-state index in [2.05, 4.69) is 17.1 Å². The normalized spacial score (nSPS) is 19.9. The van der Waals surface area contributed by atoms with Crippen LogP contribution in [0.1, 0.15) is 25.3 Å². The lowest BCUT2D eigenvalue weighted by Gasteiger charge is -2.32. The highest BCUT2D eigenvalue weighted by Gasteiger charge is 2.19. The number of hydrogen-bond acceptors (Lipinski definition) is 4. The molecule has 1 N–H and O–H groups in total. The third-order valence-electron chi connectivity index (χ3n) is 3.81. The number of piperidine rings is 1. The molecule has 1 unspecified atom stereocenters. The summed E-state index contributed by atoms with van der Waals surface area (Å²) in [7, 11) is 0. The van der Waals surface area contributed by atoms with Gasteiger partial charge in [0.1, 0.15) is 0 Å². The molecule has 0 aliphatic carbocycles. The average Bonchev–Trinajstić information content (AvgIpc) is 2.46. The summed E-state index contributed by atoms with van der Waals surface area (Å²) in [5, 5.41) is 14.2. The first-order valence-corrected chi connectivity index (χ1v) is 7.35. The number of nitrogens with one attached hydrogen (secondary N) is 1. The molecule has 1 heterocycles. The molecule has 1 aliphatic heterocycles. The molecule has 110 valence electrons. The van der Waals surface area contributed by atoms with Gasteiger partial charge in [-0.05, 0) is 44.0 Å². The summed E-state index contributed by atoms with van der Waals surface area (Å²) < 4.78 is 0. The van der Waals surface area contributed by atoms with Crippen LogP contribution in [0.5, 0.6) is 0 Å². The van der Waals surface area contributed by atoms with E-state index in [0.29, 0.717) is 5.92 Å². The molecule has 1 saturated heterocycles. The molecule has 1 fully saturated rings. The minimum atomic E-state index is -0.326. The molecular formula is C15H23N3O2. The van der Waals surface area contributed by atoms with Gasteiger partial charge in [-0.3, -0.25) is 15.0 Å². The van der Waals surface area contributed by atoms with E-state index >= 15 is 0 Å². The van der Waals surface area contributed by atoms with Crippen molar-refractivity contribution in [3.05, 3.63) is 39.9 Å². The van der Waals surface area contributed by atoms with Crippen LogP contribution in [0.15, 0.2) is 24.3 Å². The Hall–Kier alpha value is -1.46. The molecule has 0 amide bonds. The van der Waals surface area contributed by atoms with E-state index < -0.39 is 0 Å². The summed E-state index contributed by atoms with van der Waals surface area (Å²) in [4.78, 5) is 12.9. The Morgan fingerprint density at radius 2 is 2.35 bits per heavy atom. The SMILES string of the molecule is CCNCC1CCCN(Cc2cccc([N+](=O)[O-])c2)C1. The summed E-state index contributed by atoms with van der Waals surface area (Å²) in [5.74, 6) is 0.697. The molecule has 5 heteroatoms. The van der Waals surface area contributed by atoms with Gasteiger partial charge in [0.05, 0.1) is 4.92 Å². The Morgan fingerprint density at radius 1 is 1.50 bits per heavy atom. The number of rotatable bonds is 6. The quantitative estimate of drug-likeness (QED) is 0.641. The van der Waals surface area contributed by atoms with E-state index in [9.17, 15) is 10.1 Å². The summed E-state index contributed by atoms with van der Waals surface area (Å²) in [6.07, 6.45) is 2.49. The minimum absolute atomic E-state index is 0.184. The van der Waals surface area contributed by atoms with Crippen molar-refractivity contribution in [3.63, 3.8) is 0 Å². The van der Waals surface area contributed by atoms with Crippen LogP contribution in [0.4, 0.5) is 5.69 Å². The second-order valence-electron chi connectivity index (χ2n) is 5.48. The van der Waals surface area contributed by atoms with E-state index in [1.54, 1.807) is 18.2 Å².